The number of aromatic nitrogens is 3. The topological polar surface area (TPSA) is 102 Å². The number of ether oxygens (including phenoxy) is 1. The van der Waals surface area contributed by atoms with Crippen LogP contribution in [-0.2, 0) is 27.8 Å². The monoisotopic (exact) mass is 515 g/mol. The van der Waals surface area contributed by atoms with Crippen LogP contribution in [0.15, 0.2) is 57.8 Å². The molecule has 1 N–H and O–H groups in total. The fourth-order valence-electron chi connectivity index (χ4n) is 4.12. The molecule has 1 aliphatic heterocycles. The molecule has 5 rings (SSSR count). The summed E-state index contributed by atoms with van der Waals surface area (Å²) in [6.45, 7) is 0.554. The Morgan fingerprint density at radius 1 is 1.16 bits per heavy atom. The Labute approximate surface area is 208 Å². The van der Waals surface area contributed by atoms with E-state index in [1.807, 2.05) is 6.08 Å². The number of carbonyl (C=O) groups excluding carboxylic acids is 1. The molecule has 1 fully saturated rings. The first-order chi connectivity index (χ1) is 17.7. The van der Waals surface area contributed by atoms with Gasteiger partial charge in [-0.3, -0.25) is 4.79 Å². The molecule has 1 aromatic carbocycles. The van der Waals surface area contributed by atoms with Crippen molar-refractivity contribution >= 4 is 17.6 Å². The van der Waals surface area contributed by atoms with Crippen molar-refractivity contribution < 1.29 is 31.6 Å². The molecule has 0 bridgehead atoms. The maximum atomic E-state index is 14.8. The van der Waals surface area contributed by atoms with E-state index in [0.717, 1.165) is 11.6 Å². The van der Waals surface area contributed by atoms with Gasteiger partial charge in [-0.05, 0) is 30.0 Å². The van der Waals surface area contributed by atoms with Crippen LogP contribution in [0.1, 0.15) is 30.0 Å². The Hall–Kier alpha value is -4.09. The first kappa shape index (κ1) is 24.6. The van der Waals surface area contributed by atoms with Gasteiger partial charge in [-0.1, -0.05) is 23.4 Å². The predicted molar refractivity (Wildman–Crippen MR) is 124 cm³/mol. The molecule has 2 aliphatic rings. The van der Waals surface area contributed by atoms with Crippen LogP contribution in [0.4, 0.5) is 23.4 Å². The number of anilines is 1. The van der Waals surface area contributed by atoms with Crippen LogP contribution < -0.4 is 5.32 Å². The van der Waals surface area contributed by atoms with E-state index in [2.05, 4.69) is 25.4 Å². The summed E-state index contributed by atoms with van der Waals surface area (Å²) < 4.78 is 64.5. The van der Waals surface area contributed by atoms with Gasteiger partial charge in [-0.25, -0.2) is 19.4 Å². The van der Waals surface area contributed by atoms with Gasteiger partial charge in [0.05, 0.1) is 20.1 Å². The van der Waals surface area contributed by atoms with Gasteiger partial charge in [0.2, 0.25) is 11.8 Å². The summed E-state index contributed by atoms with van der Waals surface area (Å²) in [6.07, 6.45) is 0.578. The zero-order chi connectivity index (χ0) is 26.2. The first-order valence-electron chi connectivity index (χ1n) is 11.4. The lowest BCUT2D eigenvalue weighted by Crippen LogP contribution is -2.28. The average Bonchev–Trinajstić information content (AvgIpc) is 3.37. The van der Waals surface area contributed by atoms with Crippen molar-refractivity contribution in [2.24, 2.45) is 4.99 Å². The number of nitrogens with zero attached hydrogens (tertiary/aromatic N) is 4. The summed E-state index contributed by atoms with van der Waals surface area (Å²) in [4.78, 5) is 25.2. The van der Waals surface area contributed by atoms with Gasteiger partial charge < -0.3 is 14.6 Å². The Kier molecular flexibility index (Phi) is 6.26. The van der Waals surface area contributed by atoms with Gasteiger partial charge in [-0.15, -0.1) is 0 Å². The molecular weight excluding hydrogens is 494 g/mol. The lowest BCUT2D eigenvalue weighted by atomic mass is 10.0. The molecule has 3 aromatic rings. The maximum absolute atomic E-state index is 14.8. The molecule has 0 atom stereocenters. The molecule has 0 saturated heterocycles. The van der Waals surface area contributed by atoms with Crippen molar-refractivity contribution in [2.75, 3.05) is 19.0 Å². The molecule has 12 heteroatoms. The standard InChI is InChI=1S/C25H21F4N5O3/c1-36-23-16(4-7-30-23)9-20-31-12-17(13-32-20)14-2-3-15(18(26)8-14)10-22(35)33-21-11-19(37-34-21)24(5-6-24)25(27,28)29/h2-4,8,11-13H,5-7,9-10H2,1H3,(H,33,34,35). The fourth-order valence-corrected chi connectivity index (χ4v) is 4.12. The number of alkyl halides is 3. The Balaban J connectivity index is 1.21. The SMILES string of the molecule is COC1=NCC=C1Cc1ncc(-c2ccc(CC(=O)Nc3cc(C4(C(F)(F)F)CC4)on3)c(F)c2)cn1. The Morgan fingerprint density at radius 3 is 2.57 bits per heavy atom. The number of aliphatic imine (C=N–C) groups is 1. The van der Waals surface area contributed by atoms with Gasteiger partial charge in [0.15, 0.2) is 11.6 Å². The number of carbonyl (C=O) groups is 1. The molecule has 1 saturated carbocycles. The second-order valence-corrected chi connectivity index (χ2v) is 8.83. The lowest BCUT2D eigenvalue weighted by molar-refractivity contribution is -0.165. The summed E-state index contributed by atoms with van der Waals surface area (Å²) in [6, 6.07) is 5.42. The molecule has 0 radical (unpaired) electrons. The number of nitrogens with one attached hydrogen (secondary N) is 1. The minimum Gasteiger partial charge on any atom is -0.481 e. The van der Waals surface area contributed by atoms with E-state index in [1.165, 1.54) is 12.1 Å². The van der Waals surface area contributed by atoms with E-state index in [9.17, 15) is 22.4 Å². The number of hydrogen-bond acceptors (Lipinski definition) is 7. The number of methoxy groups -OCH3 is 1. The van der Waals surface area contributed by atoms with Crippen LogP contribution >= 0.6 is 0 Å². The molecule has 0 spiro atoms. The van der Waals surface area contributed by atoms with E-state index in [4.69, 9.17) is 9.26 Å². The molecule has 2 aromatic heterocycles. The van der Waals surface area contributed by atoms with Crippen LogP contribution in [-0.4, -0.2) is 46.8 Å². The molecule has 1 amide bonds. The Morgan fingerprint density at radius 2 is 1.92 bits per heavy atom. The second kappa shape index (κ2) is 9.41. The normalized spacial score (nSPS) is 16.2. The third kappa shape index (κ3) is 4.95. The predicted octanol–water partition coefficient (Wildman–Crippen LogP) is 4.57. The van der Waals surface area contributed by atoms with Crippen LogP contribution in [0.5, 0.6) is 0 Å². The molecule has 0 unspecified atom stereocenters. The number of rotatable bonds is 7. The average molecular weight is 515 g/mol. The summed E-state index contributed by atoms with van der Waals surface area (Å²) >= 11 is 0. The van der Waals surface area contributed by atoms with E-state index >= 15 is 0 Å². The quantitative estimate of drug-likeness (QED) is 0.463. The number of halogens is 4. The van der Waals surface area contributed by atoms with Gasteiger partial charge in [0.25, 0.3) is 0 Å². The maximum Gasteiger partial charge on any atom is 0.401 e. The highest BCUT2D eigenvalue weighted by Gasteiger charge is 2.66. The smallest absolute Gasteiger partial charge is 0.401 e. The number of benzene rings is 1. The van der Waals surface area contributed by atoms with Crippen molar-refractivity contribution in [1.82, 2.24) is 15.1 Å². The fraction of sp³-hybridized carbons (Fsp3) is 0.320. The highest BCUT2D eigenvalue weighted by molar-refractivity contribution is 5.95. The first-order valence-corrected chi connectivity index (χ1v) is 11.4. The Bertz CT molecular complexity index is 1390. The second-order valence-electron chi connectivity index (χ2n) is 8.83. The molecule has 8 nitrogen and oxygen atoms in total. The summed E-state index contributed by atoms with van der Waals surface area (Å²) in [5.74, 6) is -0.631. The van der Waals surface area contributed by atoms with Crippen molar-refractivity contribution in [1.29, 1.82) is 0 Å². The van der Waals surface area contributed by atoms with E-state index < -0.39 is 23.3 Å². The zero-order valence-electron chi connectivity index (χ0n) is 19.6. The zero-order valence-corrected chi connectivity index (χ0v) is 19.6. The third-order valence-corrected chi connectivity index (χ3v) is 6.37. The van der Waals surface area contributed by atoms with Crippen LogP contribution in [0.2, 0.25) is 0 Å². The van der Waals surface area contributed by atoms with Crippen LogP contribution in [0, 0.1) is 5.82 Å². The van der Waals surface area contributed by atoms with E-state index in [1.54, 1.807) is 25.6 Å². The van der Waals surface area contributed by atoms with Gasteiger partial charge in [-0.2, -0.15) is 13.2 Å². The molecule has 1 aliphatic carbocycles. The largest absolute Gasteiger partial charge is 0.481 e. The highest BCUT2D eigenvalue weighted by atomic mass is 19.4. The van der Waals surface area contributed by atoms with E-state index in [-0.39, 0.29) is 36.4 Å². The number of hydrogen-bond donors (Lipinski definition) is 1. The van der Waals surface area contributed by atoms with Gasteiger partial charge >= 0.3 is 6.18 Å². The lowest BCUT2D eigenvalue weighted by Gasteiger charge is -2.14. The van der Waals surface area contributed by atoms with Crippen LogP contribution in [0.25, 0.3) is 11.1 Å². The molecule has 3 heterocycles. The van der Waals surface area contributed by atoms with Crippen molar-refractivity contribution in [2.45, 2.75) is 37.3 Å². The molecule has 37 heavy (non-hydrogen) atoms. The van der Waals surface area contributed by atoms with Crippen molar-refractivity contribution in [3.8, 4) is 11.1 Å². The van der Waals surface area contributed by atoms with Gasteiger partial charge in [0, 0.05) is 36.0 Å². The van der Waals surface area contributed by atoms with Crippen LogP contribution in [0.3, 0.4) is 0 Å². The molecule has 192 valence electrons. The van der Waals surface area contributed by atoms with Gasteiger partial charge in [0.1, 0.15) is 17.1 Å². The van der Waals surface area contributed by atoms with Crippen molar-refractivity contribution in [3.05, 3.63) is 71.3 Å². The van der Waals surface area contributed by atoms with Crippen molar-refractivity contribution in [3.63, 3.8) is 0 Å². The summed E-state index contributed by atoms with van der Waals surface area (Å²) in [5, 5.41) is 5.87. The number of amides is 1. The van der Waals surface area contributed by atoms with E-state index in [0.29, 0.717) is 35.8 Å². The highest BCUT2D eigenvalue weighted by Crippen LogP contribution is 2.59. The minimum absolute atomic E-state index is 0.0912. The summed E-state index contributed by atoms with van der Waals surface area (Å²) in [5.41, 5.74) is 0.0833. The third-order valence-electron chi connectivity index (χ3n) is 6.37. The summed E-state index contributed by atoms with van der Waals surface area (Å²) in [7, 11) is 1.55. The molecular formula is C25H21F4N5O3. The minimum atomic E-state index is -4.46.